The van der Waals surface area contributed by atoms with Gasteiger partial charge in [-0.1, -0.05) is 6.42 Å². The van der Waals surface area contributed by atoms with Gasteiger partial charge in [0.2, 0.25) is 5.95 Å². The molecule has 2 aromatic rings. The summed E-state index contributed by atoms with van der Waals surface area (Å²) in [5.41, 5.74) is 0.994. The second-order valence-corrected chi connectivity index (χ2v) is 7.51. The van der Waals surface area contributed by atoms with Crippen LogP contribution in [0.2, 0.25) is 0 Å². The Morgan fingerprint density at radius 2 is 2.00 bits per heavy atom. The molecule has 0 bridgehead atoms. The number of hydrogen-bond donors (Lipinski definition) is 3. The number of rotatable bonds is 5. The molecule has 2 saturated carbocycles. The average Bonchev–Trinajstić information content (AvgIpc) is 3.33. The molecule has 2 aliphatic carbocycles. The Morgan fingerprint density at radius 1 is 1.17 bits per heavy atom. The first kappa shape index (κ1) is 17.8. The molecule has 1 aliphatic heterocycles. The Kier molecular flexibility index (Phi) is 4.29. The lowest BCUT2D eigenvalue weighted by Crippen LogP contribution is -2.32. The van der Waals surface area contributed by atoms with Crippen LogP contribution in [0, 0.1) is 0 Å². The summed E-state index contributed by atoms with van der Waals surface area (Å²) >= 11 is 0. The maximum Gasteiger partial charge on any atom is 0.326 e. The Balaban J connectivity index is 1.52. The zero-order chi connectivity index (χ0) is 20.0. The van der Waals surface area contributed by atoms with Gasteiger partial charge in [-0.05, 0) is 38.2 Å². The first-order valence-corrected chi connectivity index (χ1v) is 9.74. The molecule has 2 aromatic heterocycles. The van der Waals surface area contributed by atoms with E-state index in [0.717, 1.165) is 25.7 Å². The predicted octanol–water partition coefficient (Wildman–Crippen LogP) is 1.54. The van der Waals surface area contributed by atoms with Crippen molar-refractivity contribution in [2.45, 2.75) is 56.8 Å². The molecule has 0 radical (unpaired) electrons. The number of aromatic nitrogens is 4. The number of carbonyl (C=O) groups is 2. The van der Waals surface area contributed by atoms with E-state index in [9.17, 15) is 14.0 Å². The number of urea groups is 1. The summed E-state index contributed by atoms with van der Waals surface area (Å²) in [6.45, 7) is 0. The number of nitrogens with zero attached hydrogens (tertiary/aromatic N) is 4. The standard InChI is InChI=1S/C18H20FN7O3/c19-11-3-1-2-4-13(11)29-18-23-14-9(7-12-15(27)24-17(28)22-12)8-20-26(14)16(25-18)21-10-5-6-10/h7-8,10-11,13H,1-6H2,(H,21,23,25)(H2,22,24,27,28)/b12-7-/t11-,13-/m1/s1. The fourth-order valence-electron chi connectivity index (χ4n) is 3.49. The molecule has 152 valence electrons. The van der Waals surface area contributed by atoms with E-state index in [0.29, 0.717) is 36.0 Å². The van der Waals surface area contributed by atoms with Gasteiger partial charge >= 0.3 is 12.0 Å². The highest BCUT2D eigenvalue weighted by molar-refractivity contribution is 6.14. The molecule has 29 heavy (non-hydrogen) atoms. The van der Waals surface area contributed by atoms with Crippen LogP contribution in [0.1, 0.15) is 44.1 Å². The van der Waals surface area contributed by atoms with Crippen LogP contribution in [-0.4, -0.2) is 49.8 Å². The number of alkyl halides is 1. The van der Waals surface area contributed by atoms with E-state index >= 15 is 0 Å². The third-order valence-electron chi connectivity index (χ3n) is 5.18. The van der Waals surface area contributed by atoms with Crippen molar-refractivity contribution in [3.05, 3.63) is 17.5 Å². The van der Waals surface area contributed by atoms with Gasteiger partial charge in [0.15, 0.2) is 5.65 Å². The average molecular weight is 401 g/mol. The van der Waals surface area contributed by atoms with E-state index < -0.39 is 24.2 Å². The lowest BCUT2D eigenvalue weighted by Gasteiger charge is -2.25. The van der Waals surface area contributed by atoms with Crippen molar-refractivity contribution in [1.29, 1.82) is 0 Å². The quantitative estimate of drug-likeness (QED) is 0.513. The maximum atomic E-state index is 14.2. The summed E-state index contributed by atoms with van der Waals surface area (Å²) in [7, 11) is 0. The number of amides is 3. The summed E-state index contributed by atoms with van der Waals surface area (Å²) < 4.78 is 21.5. The molecule has 10 nitrogen and oxygen atoms in total. The van der Waals surface area contributed by atoms with Crippen molar-refractivity contribution >= 4 is 29.6 Å². The van der Waals surface area contributed by atoms with Gasteiger partial charge in [-0.2, -0.15) is 19.6 Å². The van der Waals surface area contributed by atoms with E-state index in [2.05, 4.69) is 31.0 Å². The van der Waals surface area contributed by atoms with E-state index in [-0.39, 0.29) is 11.7 Å². The van der Waals surface area contributed by atoms with Crippen LogP contribution in [-0.2, 0) is 4.79 Å². The molecule has 3 fully saturated rings. The van der Waals surface area contributed by atoms with Crippen LogP contribution in [0.15, 0.2) is 11.9 Å². The molecule has 0 unspecified atom stereocenters. The van der Waals surface area contributed by atoms with Crippen LogP contribution in [0.25, 0.3) is 11.7 Å². The van der Waals surface area contributed by atoms with Crippen LogP contribution < -0.4 is 20.7 Å². The van der Waals surface area contributed by atoms with Gasteiger partial charge in [0.05, 0.1) is 6.20 Å². The van der Waals surface area contributed by atoms with Crippen LogP contribution in [0.4, 0.5) is 15.1 Å². The molecule has 3 N–H and O–H groups in total. The van der Waals surface area contributed by atoms with Gasteiger partial charge in [0.25, 0.3) is 5.91 Å². The SMILES string of the molecule is O=C1NC(=O)/C(=C/c2cnn3c(NC4CC4)nc(O[C@@H]4CCCC[C@H]4F)nc23)N1. The number of carbonyl (C=O) groups excluding carboxylic acids is 2. The third kappa shape index (κ3) is 3.59. The molecule has 0 aromatic carbocycles. The van der Waals surface area contributed by atoms with Crippen LogP contribution >= 0.6 is 0 Å². The molecule has 11 heteroatoms. The van der Waals surface area contributed by atoms with Crippen molar-refractivity contribution in [3.63, 3.8) is 0 Å². The Hall–Kier alpha value is -3.24. The van der Waals surface area contributed by atoms with E-state index in [1.54, 1.807) is 0 Å². The summed E-state index contributed by atoms with van der Waals surface area (Å²) in [6, 6.07) is -0.218. The minimum atomic E-state index is -1.05. The third-order valence-corrected chi connectivity index (χ3v) is 5.18. The van der Waals surface area contributed by atoms with Gasteiger partial charge < -0.3 is 15.4 Å². The number of anilines is 1. The highest BCUT2D eigenvalue weighted by atomic mass is 19.1. The predicted molar refractivity (Wildman–Crippen MR) is 99.9 cm³/mol. The Bertz CT molecular complexity index is 1020. The Labute approximate surface area is 164 Å². The molecule has 0 spiro atoms. The lowest BCUT2D eigenvalue weighted by atomic mass is 9.96. The van der Waals surface area contributed by atoms with Crippen molar-refractivity contribution in [2.24, 2.45) is 0 Å². The van der Waals surface area contributed by atoms with Gasteiger partial charge in [-0.25, -0.2) is 9.18 Å². The van der Waals surface area contributed by atoms with Crippen molar-refractivity contribution in [2.75, 3.05) is 5.32 Å². The van der Waals surface area contributed by atoms with Crippen molar-refractivity contribution in [1.82, 2.24) is 30.2 Å². The molecular weight excluding hydrogens is 381 g/mol. The summed E-state index contributed by atoms with van der Waals surface area (Å²) in [6.07, 6.45) is 6.28. The van der Waals surface area contributed by atoms with Gasteiger partial charge in [-0.15, -0.1) is 0 Å². The van der Waals surface area contributed by atoms with Crippen molar-refractivity contribution in [3.8, 4) is 6.01 Å². The van der Waals surface area contributed by atoms with Crippen LogP contribution in [0.5, 0.6) is 6.01 Å². The van der Waals surface area contributed by atoms with E-state index in [1.807, 2.05) is 0 Å². The topological polar surface area (TPSA) is 123 Å². The monoisotopic (exact) mass is 401 g/mol. The molecule has 3 aliphatic rings. The van der Waals surface area contributed by atoms with Gasteiger partial charge in [-0.3, -0.25) is 10.1 Å². The number of halogens is 1. The smallest absolute Gasteiger partial charge is 0.326 e. The summed E-state index contributed by atoms with van der Waals surface area (Å²) in [5, 5.41) is 12.2. The normalized spacial score (nSPS) is 25.9. The first-order valence-electron chi connectivity index (χ1n) is 9.74. The molecule has 3 amide bonds. The number of nitrogens with one attached hydrogen (secondary N) is 3. The number of fused-ring (bicyclic) bond motifs is 1. The molecule has 3 heterocycles. The second kappa shape index (κ2) is 6.98. The number of ether oxygens (including phenoxy) is 1. The maximum absolute atomic E-state index is 14.2. The largest absolute Gasteiger partial charge is 0.457 e. The first-order chi connectivity index (χ1) is 14.1. The summed E-state index contributed by atoms with van der Waals surface area (Å²) in [5.74, 6) is -0.0815. The van der Waals surface area contributed by atoms with E-state index in [4.69, 9.17) is 4.74 Å². The zero-order valence-corrected chi connectivity index (χ0v) is 15.5. The highest BCUT2D eigenvalue weighted by Crippen LogP contribution is 2.28. The molecule has 5 rings (SSSR count). The fourth-order valence-corrected chi connectivity index (χ4v) is 3.49. The Morgan fingerprint density at radius 3 is 2.72 bits per heavy atom. The van der Waals surface area contributed by atoms with Crippen LogP contribution in [0.3, 0.4) is 0 Å². The highest BCUT2D eigenvalue weighted by Gasteiger charge is 2.29. The van der Waals surface area contributed by atoms with Crippen molar-refractivity contribution < 1.29 is 18.7 Å². The number of hydrogen-bond acceptors (Lipinski definition) is 7. The van der Waals surface area contributed by atoms with Gasteiger partial charge in [0, 0.05) is 11.6 Å². The second-order valence-electron chi connectivity index (χ2n) is 7.51. The molecule has 1 saturated heterocycles. The molecular formula is C18H20FN7O3. The van der Waals surface area contributed by atoms with Gasteiger partial charge in [0.1, 0.15) is 18.0 Å². The summed E-state index contributed by atoms with van der Waals surface area (Å²) in [4.78, 5) is 32.0. The zero-order valence-electron chi connectivity index (χ0n) is 15.5. The number of imide groups is 1. The minimum absolute atomic E-state index is 0.0651. The molecule has 2 atom stereocenters. The van der Waals surface area contributed by atoms with E-state index in [1.165, 1.54) is 16.8 Å². The lowest BCUT2D eigenvalue weighted by molar-refractivity contribution is -0.115. The fraction of sp³-hybridized carbons (Fsp3) is 0.500. The minimum Gasteiger partial charge on any atom is -0.457 e.